The minimum Gasteiger partial charge on any atom is -0.480 e. The molecular weight excluding hydrogens is 379 g/mol. The van der Waals surface area contributed by atoms with Crippen molar-refractivity contribution in [2.45, 2.75) is 0 Å². The number of ether oxygens (including phenoxy) is 2. The SMILES string of the molecule is O=C(COC(=O)COc1ccc(Cl)cc1Cl)Nc1ccc(Cl)cn1. The molecule has 1 aromatic heterocycles. The van der Waals surface area contributed by atoms with Gasteiger partial charge in [-0.15, -0.1) is 0 Å². The molecule has 24 heavy (non-hydrogen) atoms. The maximum Gasteiger partial charge on any atom is 0.344 e. The maximum absolute atomic E-state index is 11.6. The Bertz CT molecular complexity index is 738. The highest BCUT2D eigenvalue weighted by molar-refractivity contribution is 6.35. The summed E-state index contributed by atoms with van der Waals surface area (Å²) >= 11 is 17.3. The van der Waals surface area contributed by atoms with Crippen molar-refractivity contribution in [3.8, 4) is 5.75 Å². The summed E-state index contributed by atoms with van der Waals surface area (Å²) in [6.45, 7) is -0.866. The van der Waals surface area contributed by atoms with Gasteiger partial charge in [0.05, 0.1) is 10.0 Å². The summed E-state index contributed by atoms with van der Waals surface area (Å²) < 4.78 is 9.98. The zero-order valence-corrected chi connectivity index (χ0v) is 14.4. The fraction of sp³-hybridized carbons (Fsp3) is 0.133. The van der Waals surface area contributed by atoms with Gasteiger partial charge in [-0.3, -0.25) is 4.79 Å². The van der Waals surface area contributed by atoms with E-state index < -0.39 is 25.1 Å². The number of aromatic nitrogens is 1. The van der Waals surface area contributed by atoms with Crippen LogP contribution in [0.3, 0.4) is 0 Å². The van der Waals surface area contributed by atoms with Crippen molar-refractivity contribution in [1.82, 2.24) is 4.98 Å². The molecule has 1 amide bonds. The van der Waals surface area contributed by atoms with Gasteiger partial charge >= 0.3 is 5.97 Å². The number of carbonyl (C=O) groups excluding carboxylic acids is 2. The summed E-state index contributed by atoms with van der Waals surface area (Å²) in [4.78, 5) is 27.1. The van der Waals surface area contributed by atoms with Crippen LogP contribution in [-0.2, 0) is 14.3 Å². The van der Waals surface area contributed by atoms with Crippen LogP contribution in [0.2, 0.25) is 15.1 Å². The second-order valence-electron chi connectivity index (χ2n) is 4.43. The summed E-state index contributed by atoms with van der Waals surface area (Å²) in [6.07, 6.45) is 1.38. The van der Waals surface area contributed by atoms with Crippen molar-refractivity contribution in [1.29, 1.82) is 0 Å². The molecule has 0 fully saturated rings. The van der Waals surface area contributed by atoms with Crippen LogP contribution in [0.5, 0.6) is 5.75 Å². The van der Waals surface area contributed by atoms with Gasteiger partial charge in [0.15, 0.2) is 13.2 Å². The number of nitrogens with one attached hydrogen (secondary N) is 1. The van der Waals surface area contributed by atoms with Crippen LogP contribution >= 0.6 is 34.8 Å². The number of hydrogen-bond acceptors (Lipinski definition) is 5. The number of esters is 1. The largest absolute Gasteiger partial charge is 0.480 e. The van der Waals surface area contributed by atoms with Crippen molar-refractivity contribution < 1.29 is 19.1 Å². The highest BCUT2D eigenvalue weighted by Gasteiger charge is 2.10. The van der Waals surface area contributed by atoms with Gasteiger partial charge in [-0.25, -0.2) is 9.78 Å². The van der Waals surface area contributed by atoms with Crippen molar-refractivity contribution in [3.63, 3.8) is 0 Å². The van der Waals surface area contributed by atoms with Gasteiger partial charge in [0, 0.05) is 11.2 Å². The Morgan fingerprint density at radius 1 is 1.04 bits per heavy atom. The van der Waals surface area contributed by atoms with E-state index in [1.165, 1.54) is 24.4 Å². The van der Waals surface area contributed by atoms with E-state index in [-0.39, 0.29) is 10.8 Å². The minimum absolute atomic E-state index is 0.266. The van der Waals surface area contributed by atoms with E-state index in [2.05, 4.69) is 10.3 Å². The van der Waals surface area contributed by atoms with E-state index in [9.17, 15) is 9.59 Å². The van der Waals surface area contributed by atoms with Crippen molar-refractivity contribution in [3.05, 3.63) is 51.6 Å². The first-order valence-corrected chi connectivity index (χ1v) is 7.72. The van der Waals surface area contributed by atoms with E-state index >= 15 is 0 Å². The number of hydrogen-bond donors (Lipinski definition) is 1. The van der Waals surface area contributed by atoms with E-state index in [4.69, 9.17) is 44.3 Å². The molecule has 0 aliphatic heterocycles. The van der Waals surface area contributed by atoms with Crippen LogP contribution in [0, 0.1) is 0 Å². The molecule has 2 rings (SSSR count). The Hall–Kier alpha value is -2.02. The Labute approximate surface area is 152 Å². The topological polar surface area (TPSA) is 77.5 Å². The Morgan fingerprint density at radius 2 is 1.79 bits per heavy atom. The average molecular weight is 390 g/mol. The zero-order chi connectivity index (χ0) is 17.5. The lowest BCUT2D eigenvalue weighted by atomic mass is 10.3. The van der Waals surface area contributed by atoms with Gasteiger partial charge < -0.3 is 14.8 Å². The molecule has 0 radical (unpaired) electrons. The molecule has 1 heterocycles. The number of pyridine rings is 1. The van der Waals surface area contributed by atoms with Crippen LogP contribution < -0.4 is 10.1 Å². The van der Waals surface area contributed by atoms with Crippen LogP contribution in [0.4, 0.5) is 5.82 Å². The Morgan fingerprint density at radius 3 is 2.46 bits per heavy atom. The highest BCUT2D eigenvalue weighted by Crippen LogP contribution is 2.27. The zero-order valence-electron chi connectivity index (χ0n) is 12.1. The molecule has 6 nitrogen and oxygen atoms in total. The molecule has 2 aromatic rings. The maximum atomic E-state index is 11.6. The Balaban J connectivity index is 1.74. The number of anilines is 1. The van der Waals surface area contributed by atoms with E-state index in [1.54, 1.807) is 12.1 Å². The number of carbonyl (C=O) groups is 2. The van der Waals surface area contributed by atoms with E-state index in [1.807, 2.05) is 0 Å². The second kappa shape index (κ2) is 8.73. The fourth-order valence-electron chi connectivity index (χ4n) is 1.55. The summed E-state index contributed by atoms with van der Waals surface area (Å²) in [5, 5.41) is 3.61. The average Bonchev–Trinajstić information content (AvgIpc) is 2.54. The first kappa shape index (κ1) is 18.3. The molecule has 1 N–H and O–H groups in total. The number of rotatable bonds is 6. The summed E-state index contributed by atoms with van der Waals surface area (Å²) in [5.74, 6) is -0.680. The molecular formula is C15H11Cl3N2O4. The van der Waals surface area contributed by atoms with Gasteiger partial charge in [-0.1, -0.05) is 34.8 Å². The normalized spacial score (nSPS) is 10.1. The number of nitrogens with zero attached hydrogens (tertiary/aromatic N) is 1. The van der Waals surface area contributed by atoms with Gasteiger partial charge in [0.2, 0.25) is 0 Å². The van der Waals surface area contributed by atoms with Crippen molar-refractivity contribution >= 4 is 52.5 Å². The van der Waals surface area contributed by atoms with Crippen molar-refractivity contribution in [2.75, 3.05) is 18.5 Å². The summed E-state index contributed by atoms with van der Waals surface area (Å²) in [6, 6.07) is 7.67. The third kappa shape index (κ3) is 5.88. The van der Waals surface area contributed by atoms with E-state index in [0.29, 0.717) is 15.9 Å². The number of benzene rings is 1. The minimum atomic E-state index is -0.722. The molecule has 0 aliphatic carbocycles. The van der Waals surface area contributed by atoms with E-state index in [0.717, 1.165) is 0 Å². The van der Waals surface area contributed by atoms with Crippen LogP contribution in [0.1, 0.15) is 0 Å². The standard InChI is InChI=1S/C15H11Cl3N2O4/c16-9-1-3-12(11(18)5-9)23-8-15(22)24-7-14(21)20-13-4-2-10(17)6-19-13/h1-6H,7-8H2,(H,19,20,21). The molecule has 0 atom stereocenters. The summed E-state index contributed by atoms with van der Waals surface area (Å²) in [7, 11) is 0. The predicted molar refractivity (Wildman–Crippen MR) is 90.8 cm³/mol. The molecule has 0 saturated heterocycles. The monoisotopic (exact) mass is 388 g/mol. The smallest absolute Gasteiger partial charge is 0.344 e. The first-order valence-electron chi connectivity index (χ1n) is 6.59. The molecule has 0 spiro atoms. The lowest BCUT2D eigenvalue weighted by Crippen LogP contribution is -2.24. The molecule has 9 heteroatoms. The van der Waals surface area contributed by atoms with Gasteiger partial charge in [0.1, 0.15) is 11.6 Å². The predicted octanol–water partition coefficient (Wildman–Crippen LogP) is 3.60. The first-order chi connectivity index (χ1) is 11.4. The van der Waals surface area contributed by atoms with Gasteiger partial charge in [-0.05, 0) is 30.3 Å². The third-order valence-electron chi connectivity index (χ3n) is 2.60. The molecule has 0 unspecified atom stereocenters. The number of amides is 1. The Kier molecular flexibility index (Phi) is 6.66. The molecule has 0 saturated carbocycles. The molecule has 126 valence electrons. The quantitative estimate of drug-likeness (QED) is 0.764. The fourth-order valence-corrected chi connectivity index (χ4v) is 2.12. The second-order valence-corrected chi connectivity index (χ2v) is 5.71. The van der Waals surface area contributed by atoms with Crippen LogP contribution in [0.15, 0.2) is 36.5 Å². The molecule has 0 bridgehead atoms. The van der Waals surface area contributed by atoms with Crippen molar-refractivity contribution in [2.24, 2.45) is 0 Å². The van der Waals surface area contributed by atoms with Gasteiger partial charge in [0.25, 0.3) is 5.91 Å². The highest BCUT2D eigenvalue weighted by atomic mass is 35.5. The molecule has 1 aromatic carbocycles. The molecule has 0 aliphatic rings. The summed E-state index contributed by atoms with van der Waals surface area (Å²) in [5.41, 5.74) is 0. The number of halogens is 3. The van der Waals surface area contributed by atoms with Crippen LogP contribution in [0.25, 0.3) is 0 Å². The third-order valence-corrected chi connectivity index (χ3v) is 3.35. The lowest BCUT2D eigenvalue weighted by Gasteiger charge is -2.08. The lowest BCUT2D eigenvalue weighted by molar-refractivity contribution is -0.149. The van der Waals surface area contributed by atoms with Crippen LogP contribution in [-0.4, -0.2) is 30.1 Å². The van der Waals surface area contributed by atoms with Gasteiger partial charge in [-0.2, -0.15) is 0 Å².